The van der Waals surface area contributed by atoms with Crippen molar-refractivity contribution in [1.29, 1.82) is 0 Å². The number of amides is 1. The lowest BCUT2D eigenvalue weighted by molar-refractivity contribution is -0.117. The van der Waals surface area contributed by atoms with Crippen molar-refractivity contribution in [1.82, 2.24) is 4.72 Å². The molecule has 0 heterocycles. The Labute approximate surface area is 94.2 Å². The molecule has 5 nitrogen and oxygen atoms in total. The summed E-state index contributed by atoms with van der Waals surface area (Å²) in [6.07, 6.45) is -1.14. The Bertz CT molecular complexity index is 455. The number of carbonyl (C=O) groups excluding carboxylic acids is 1. The van der Waals surface area contributed by atoms with Crippen LogP contribution in [0.2, 0.25) is 0 Å². The molecule has 1 unspecified atom stereocenters. The second kappa shape index (κ2) is 5.09. The van der Waals surface area contributed by atoms with Gasteiger partial charge in [0, 0.05) is 6.92 Å². The SMILES string of the molecule is CC(=O)NS(=O)(=O)CC(O)c1ccccc1. The molecule has 0 fully saturated rings. The Hall–Kier alpha value is -1.40. The molecule has 0 aliphatic carbocycles. The number of nitrogens with one attached hydrogen (secondary N) is 1. The lowest BCUT2D eigenvalue weighted by Gasteiger charge is -2.11. The second-order valence-electron chi connectivity index (χ2n) is 3.37. The van der Waals surface area contributed by atoms with E-state index in [1.165, 1.54) is 0 Å². The molecule has 0 aromatic heterocycles. The average molecular weight is 243 g/mol. The number of carbonyl (C=O) groups is 1. The Morgan fingerprint density at radius 2 is 1.94 bits per heavy atom. The van der Waals surface area contributed by atoms with E-state index in [9.17, 15) is 18.3 Å². The van der Waals surface area contributed by atoms with Crippen LogP contribution < -0.4 is 4.72 Å². The van der Waals surface area contributed by atoms with Crippen molar-refractivity contribution in [2.24, 2.45) is 0 Å². The molecule has 0 radical (unpaired) electrons. The molecule has 0 saturated heterocycles. The van der Waals surface area contributed by atoms with Crippen molar-refractivity contribution in [3.63, 3.8) is 0 Å². The summed E-state index contributed by atoms with van der Waals surface area (Å²) in [5.74, 6) is -1.20. The smallest absolute Gasteiger partial charge is 0.237 e. The minimum atomic E-state index is -3.78. The van der Waals surface area contributed by atoms with Gasteiger partial charge in [0.1, 0.15) is 0 Å². The van der Waals surface area contributed by atoms with Gasteiger partial charge in [-0.15, -0.1) is 0 Å². The fraction of sp³-hybridized carbons (Fsp3) is 0.300. The van der Waals surface area contributed by atoms with Gasteiger partial charge < -0.3 is 5.11 Å². The Morgan fingerprint density at radius 1 is 1.38 bits per heavy atom. The minimum Gasteiger partial charge on any atom is -0.387 e. The highest BCUT2D eigenvalue weighted by molar-refractivity contribution is 7.90. The summed E-state index contributed by atoms with van der Waals surface area (Å²) >= 11 is 0. The van der Waals surface area contributed by atoms with Gasteiger partial charge >= 0.3 is 0 Å². The molecule has 1 atom stereocenters. The highest BCUT2D eigenvalue weighted by Crippen LogP contribution is 2.13. The molecule has 6 heteroatoms. The zero-order chi connectivity index (χ0) is 12.2. The number of benzene rings is 1. The highest BCUT2D eigenvalue weighted by Gasteiger charge is 2.19. The van der Waals surface area contributed by atoms with E-state index in [1.54, 1.807) is 35.1 Å². The standard InChI is InChI=1S/C10H13NO4S/c1-8(12)11-16(14,15)7-10(13)9-5-3-2-4-6-9/h2-6,10,13H,7H2,1H3,(H,11,12). The summed E-state index contributed by atoms with van der Waals surface area (Å²) in [5, 5.41) is 9.64. The fourth-order valence-electron chi connectivity index (χ4n) is 1.24. The second-order valence-corrected chi connectivity index (χ2v) is 5.13. The maximum atomic E-state index is 11.3. The zero-order valence-electron chi connectivity index (χ0n) is 8.75. The number of aliphatic hydroxyl groups is 1. The van der Waals surface area contributed by atoms with Crippen LogP contribution >= 0.6 is 0 Å². The first-order chi connectivity index (χ1) is 7.41. The lowest BCUT2D eigenvalue weighted by Crippen LogP contribution is -2.32. The van der Waals surface area contributed by atoms with Crippen molar-refractivity contribution in [2.45, 2.75) is 13.0 Å². The first-order valence-corrected chi connectivity index (χ1v) is 6.30. The predicted molar refractivity (Wildman–Crippen MR) is 59.0 cm³/mol. The van der Waals surface area contributed by atoms with Gasteiger partial charge in [-0.3, -0.25) is 9.52 Å². The molecular formula is C10H13NO4S. The monoisotopic (exact) mass is 243 g/mol. The van der Waals surface area contributed by atoms with E-state index in [1.807, 2.05) is 0 Å². The quantitative estimate of drug-likeness (QED) is 0.790. The summed E-state index contributed by atoms with van der Waals surface area (Å²) in [6, 6.07) is 8.40. The predicted octanol–water partition coefficient (Wildman–Crippen LogP) is 0.186. The summed E-state index contributed by atoms with van der Waals surface area (Å²) in [5.41, 5.74) is 0.497. The summed E-state index contributed by atoms with van der Waals surface area (Å²) in [4.78, 5) is 10.6. The number of rotatable bonds is 4. The minimum absolute atomic E-state index is 0.497. The van der Waals surface area contributed by atoms with E-state index in [-0.39, 0.29) is 0 Å². The fourth-order valence-corrected chi connectivity index (χ4v) is 2.37. The van der Waals surface area contributed by atoms with Crippen molar-refractivity contribution < 1.29 is 18.3 Å². The van der Waals surface area contributed by atoms with Gasteiger partial charge in [-0.05, 0) is 5.56 Å². The maximum Gasteiger partial charge on any atom is 0.237 e. The Balaban J connectivity index is 2.72. The van der Waals surface area contributed by atoms with Crippen molar-refractivity contribution >= 4 is 15.9 Å². The van der Waals surface area contributed by atoms with Crippen LogP contribution in [0.15, 0.2) is 30.3 Å². The van der Waals surface area contributed by atoms with Gasteiger partial charge in [0.05, 0.1) is 11.9 Å². The van der Waals surface area contributed by atoms with Crippen molar-refractivity contribution in [3.8, 4) is 0 Å². The summed E-state index contributed by atoms with van der Waals surface area (Å²) in [6.45, 7) is 1.10. The van der Waals surface area contributed by atoms with Crippen LogP contribution in [0.4, 0.5) is 0 Å². The van der Waals surface area contributed by atoms with Gasteiger partial charge in [0.2, 0.25) is 15.9 Å². The first-order valence-electron chi connectivity index (χ1n) is 4.65. The third kappa shape index (κ3) is 4.00. The van der Waals surface area contributed by atoms with E-state index in [0.29, 0.717) is 5.56 Å². The molecule has 1 aromatic rings. The number of aliphatic hydroxyl groups excluding tert-OH is 1. The summed E-state index contributed by atoms with van der Waals surface area (Å²) < 4.78 is 24.5. The third-order valence-corrected chi connectivity index (χ3v) is 3.21. The van der Waals surface area contributed by atoms with E-state index in [4.69, 9.17) is 0 Å². The van der Waals surface area contributed by atoms with E-state index < -0.39 is 27.8 Å². The first kappa shape index (κ1) is 12.7. The van der Waals surface area contributed by atoms with Gasteiger partial charge in [-0.25, -0.2) is 8.42 Å². The zero-order valence-corrected chi connectivity index (χ0v) is 9.57. The van der Waals surface area contributed by atoms with Gasteiger partial charge in [-0.1, -0.05) is 30.3 Å². The van der Waals surface area contributed by atoms with Crippen molar-refractivity contribution in [2.75, 3.05) is 5.75 Å². The maximum absolute atomic E-state index is 11.3. The molecule has 88 valence electrons. The molecule has 0 bridgehead atoms. The van der Waals surface area contributed by atoms with E-state index in [2.05, 4.69) is 0 Å². The van der Waals surface area contributed by atoms with Gasteiger partial charge in [0.15, 0.2) is 0 Å². The molecule has 16 heavy (non-hydrogen) atoms. The molecule has 1 rings (SSSR count). The topological polar surface area (TPSA) is 83.5 Å². The van der Waals surface area contributed by atoms with Crippen LogP contribution in [0.3, 0.4) is 0 Å². The highest BCUT2D eigenvalue weighted by atomic mass is 32.2. The van der Waals surface area contributed by atoms with Crippen LogP contribution in [0, 0.1) is 0 Å². The van der Waals surface area contributed by atoms with E-state index in [0.717, 1.165) is 6.92 Å². The Kier molecular flexibility index (Phi) is 4.03. The molecule has 0 aliphatic rings. The molecule has 0 aliphatic heterocycles. The number of sulfonamides is 1. The molecule has 1 aromatic carbocycles. The van der Waals surface area contributed by atoms with Crippen LogP contribution in [-0.4, -0.2) is 25.2 Å². The van der Waals surface area contributed by atoms with Gasteiger partial charge in [0.25, 0.3) is 0 Å². The summed E-state index contributed by atoms with van der Waals surface area (Å²) in [7, 11) is -3.78. The van der Waals surface area contributed by atoms with Gasteiger partial charge in [-0.2, -0.15) is 0 Å². The average Bonchev–Trinajstić information content (AvgIpc) is 2.16. The normalized spacial score (nSPS) is 13.1. The van der Waals surface area contributed by atoms with Crippen molar-refractivity contribution in [3.05, 3.63) is 35.9 Å². The van der Waals surface area contributed by atoms with Crippen LogP contribution in [0.1, 0.15) is 18.6 Å². The molecule has 2 N–H and O–H groups in total. The lowest BCUT2D eigenvalue weighted by atomic mass is 10.1. The van der Waals surface area contributed by atoms with Crippen LogP contribution in [0.5, 0.6) is 0 Å². The molecule has 0 saturated carbocycles. The molecule has 1 amide bonds. The molecule has 0 spiro atoms. The Morgan fingerprint density at radius 3 is 2.44 bits per heavy atom. The third-order valence-electron chi connectivity index (χ3n) is 1.86. The van der Waals surface area contributed by atoms with Crippen LogP contribution in [-0.2, 0) is 14.8 Å². The largest absolute Gasteiger partial charge is 0.387 e. The molecular weight excluding hydrogens is 230 g/mol. The van der Waals surface area contributed by atoms with Crippen LogP contribution in [0.25, 0.3) is 0 Å². The van der Waals surface area contributed by atoms with E-state index >= 15 is 0 Å². The number of hydrogen-bond donors (Lipinski definition) is 2. The number of hydrogen-bond acceptors (Lipinski definition) is 4.